The van der Waals surface area contributed by atoms with Crippen LogP contribution in [0.4, 0.5) is 23.7 Å². The molecule has 3 aromatic rings. The van der Waals surface area contributed by atoms with Crippen LogP contribution >= 0.6 is 11.3 Å². The maximum absolute atomic E-state index is 13.6. The van der Waals surface area contributed by atoms with Gasteiger partial charge in [0, 0.05) is 46.9 Å². The summed E-state index contributed by atoms with van der Waals surface area (Å²) in [6.07, 6.45) is -13.4. The number of alkyl halides is 3. The smallest absolute Gasteiger partial charge is 0.471 e. The molecular weight excluding hydrogens is 677 g/mol. The second-order valence-electron chi connectivity index (χ2n) is 12.1. The van der Waals surface area contributed by atoms with Crippen molar-refractivity contribution in [2.24, 2.45) is 0 Å². The molecule has 2 aromatic carbocycles. The summed E-state index contributed by atoms with van der Waals surface area (Å²) in [5.41, 5.74) is -3.15. The van der Waals surface area contributed by atoms with Crippen LogP contribution in [-0.2, 0) is 25.4 Å². The van der Waals surface area contributed by atoms with Gasteiger partial charge in [-0.2, -0.15) is 24.5 Å². The zero-order chi connectivity index (χ0) is 35.4. The molecule has 49 heavy (non-hydrogen) atoms. The number of fused-ring (bicyclic) bond motifs is 3. The highest BCUT2D eigenvalue weighted by atomic mass is 32.1. The van der Waals surface area contributed by atoms with E-state index in [1.807, 2.05) is 0 Å². The molecule has 0 saturated carbocycles. The molecule has 3 aliphatic rings. The van der Waals surface area contributed by atoms with Crippen LogP contribution in [0.15, 0.2) is 41.1 Å². The average Bonchev–Trinajstić information content (AvgIpc) is 3.55. The molecule has 2 heterocycles. The summed E-state index contributed by atoms with van der Waals surface area (Å²) >= 11 is 1.31. The number of ketones is 2. The number of phenols is 2. The molecule has 260 valence electrons. The SMILES string of the molecule is C[C@@H]1O[C@@H](O[C@H]2C[C@](O)(COC(=O)Nc3ccsc3)Cc3c(O)c4c(c(O)c32)C(=O)c2ccccc2C4=O)C[C@H](NC(=O)C(F)(F)F)[C@H]1O. The molecule has 17 heteroatoms. The number of hydrogen-bond donors (Lipinski definition) is 6. The van der Waals surface area contributed by atoms with E-state index in [-0.39, 0.29) is 22.3 Å². The Hall–Kier alpha value is -4.55. The fraction of sp³-hybridized carbons (Fsp3) is 0.375. The van der Waals surface area contributed by atoms with Crippen molar-refractivity contribution in [2.45, 2.75) is 68.6 Å². The van der Waals surface area contributed by atoms with E-state index in [0.29, 0.717) is 5.69 Å². The van der Waals surface area contributed by atoms with E-state index in [9.17, 15) is 52.8 Å². The first kappa shape index (κ1) is 34.3. The third-order valence-electron chi connectivity index (χ3n) is 8.69. The molecule has 1 fully saturated rings. The van der Waals surface area contributed by atoms with Crippen molar-refractivity contribution in [3.63, 3.8) is 0 Å². The van der Waals surface area contributed by atoms with Gasteiger partial charge in [-0.3, -0.25) is 19.7 Å². The van der Waals surface area contributed by atoms with Gasteiger partial charge in [-0.15, -0.1) is 0 Å². The molecular formula is C32H29F3N2O11S. The second-order valence-corrected chi connectivity index (χ2v) is 12.8. The molecule has 0 unspecified atom stereocenters. The largest absolute Gasteiger partial charge is 0.507 e. The number of carbonyl (C=O) groups excluding carboxylic acids is 4. The molecule has 2 amide bonds. The zero-order valence-electron chi connectivity index (χ0n) is 25.4. The molecule has 1 saturated heterocycles. The van der Waals surface area contributed by atoms with Crippen molar-refractivity contribution in [3.05, 3.63) is 74.5 Å². The number of carbonyl (C=O) groups is 4. The number of thiophene rings is 1. The van der Waals surface area contributed by atoms with Gasteiger partial charge in [0.25, 0.3) is 0 Å². The number of hydrogen-bond acceptors (Lipinski definition) is 12. The van der Waals surface area contributed by atoms with Gasteiger partial charge in [0.1, 0.15) is 29.8 Å². The number of halogens is 3. The Balaban J connectivity index is 1.37. The Bertz CT molecular complexity index is 1830. The summed E-state index contributed by atoms with van der Waals surface area (Å²) in [6.45, 7) is 0.625. The van der Waals surface area contributed by atoms with Crippen molar-refractivity contribution >= 4 is 40.6 Å². The van der Waals surface area contributed by atoms with Gasteiger partial charge < -0.3 is 40.0 Å². The Morgan fingerprint density at radius 2 is 1.73 bits per heavy atom. The van der Waals surface area contributed by atoms with E-state index in [4.69, 9.17) is 14.2 Å². The van der Waals surface area contributed by atoms with Crippen LogP contribution in [0.25, 0.3) is 0 Å². The maximum Gasteiger partial charge on any atom is 0.471 e. The fourth-order valence-electron chi connectivity index (χ4n) is 6.39. The minimum atomic E-state index is -5.25. The van der Waals surface area contributed by atoms with Gasteiger partial charge in [0.2, 0.25) is 0 Å². The highest BCUT2D eigenvalue weighted by Crippen LogP contribution is 2.52. The molecule has 0 spiro atoms. The maximum atomic E-state index is 13.6. The van der Waals surface area contributed by atoms with E-state index in [1.54, 1.807) is 22.1 Å². The standard InChI is InChI=1S/C32H29F3N2O11S/c1-13-24(38)18(37-29(43)32(33,34)35)8-20(47-13)48-19-10-31(45,12-46-30(44)36-14-6-7-49-11-14)9-17-21(19)28(42)23-22(27(17)41)25(39)15-4-2-3-5-16(15)26(23)40/h2-7,11,13,18-20,24,38,41-42,45H,8-10,12H2,1H3,(H,36,44)(H,37,43)/t13-,18-,19-,20-,24-,31-/m0/s1. The van der Waals surface area contributed by atoms with Crippen LogP contribution in [0.3, 0.4) is 0 Å². The van der Waals surface area contributed by atoms with Crippen molar-refractivity contribution in [1.29, 1.82) is 0 Å². The Morgan fingerprint density at radius 3 is 2.35 bits per heavy atom. The van der Waals surface area contributed by atoms with Gasteiger partial charge >= 0.3 is 18.2 Å². The number of amides is 2. The van der Waals surface area contributed by atoms with Crippen LogP contribution in [0.5, 0.6) is 11.5 Å². The van der Waals surface area contributed by atoms with Gasteiger partial charge in [-0.05, 0) is 18.4 Å². The predicted octanol–water partition coefficient (Wildman–Crippen LogP) is 3.46. The molecule has 1 aromatic heterocycles. The highest BCUT2D eigenvalue weighted by Gasteiger charge is 2.49. The Kier molecular flexibility index (Phi) is 8.91. The van der Waals surface area contributed by atoms with Gasteiger partial charge in [0.15, 0.2) is 17.9 Å². The number of aliphatic hydroxyl groups excluding tert-OH is 1. The zero-order valence-corrected chi connectivity index (χ0v) is 26.3. The minimum Gasteiger partial charge on any atom is -0.507 e. The number of anilines is 1. The Morgan fingerprint density at radius 1 is 1.08 bits per heavy atom. The van der Waals surface area contributed by atoms with Crippen molar-refractivity contribution in [1.82, 2.24) is 5.32 Å². The van der Waals surface area contributed by atoms with E-state index in [2.05, 4.69) is 5.32 Å². The molecule has 13 nitrogen and oxygen atoms in total. The molecule has 2 aliphatic carbocycles. The highest BCUT2D eigenvalue weighted by molar-refractivity contribution is 7.08. The third kappa shape index (κ3) is 6.47. The van der Waals surface area contributed by atoms with E-state index < -0.39 is 114 Å². The fourth-order valence-corrected chi connectivity index (χ4v) is 6.98. The lowest BCUT2D eigenvalue weighted by atomic mass is 9.73. The number of ether oxygens (including phenoxy) is 3. The van der Waals surface area contributed by atoms with Crippen molar-refractivity contribution in [3.8, 4) is 11.5 Å². The summed E-state index contributed by atoms with van der Waals surface area (Å²) < 4.78 is 56.1. The van der Waals surface area contributed by atoms with Gasteiger partial charge in [0.05, 0.1) is 35.1 Å². The first-order chi connectivity index (χ1) is 23.1. The summed E-state index contributed by atoms with van der Waals surface area (Å²) in [5, 5.41) is 52.9. The second kappa shape index (κ2) is 12.7. The van der Waals surface area contributed by atoms with Crippen LogP contribution in [0.2, 0.25) is 0 Å². The van der Waals surface area contributed by atoms with Crippen LogP contribution in [0.1, 0.15) is 68.8 Å². The summed E-state index contributed by atoms with van der Waals surface area (Å²) in [7, 11) is 0. The number of nitrogens with one attached hydrogen (secondary N) is 2. The lowest BCUT2D eigenvalue weighted by Gasteiger charge is -2.43. The van der Waals surface area contributed by atoms with Crippen LogP contribution in [0, 0.1) is 0 Å². The number of aliphatic hydroxyl groups is 2. The summed E-state index contributed by atoms with van der Waals surface area (Å²) in [4.78, 5) is 51.3. The van der Waals surface area contributed by atoms with Gasteiger partial charge in [-0.1, -0.05) is 24.3 Å². The molecule has 6 atom stereocenters. The lowest BCUT2D eigenvalue weighted by Crippen LogP contribution is -2.57. The van der Waals surface area contributed by atoms with E-state index in [1.165, 1.54) is 42.5 Å². The number of phenolic OH excluding ortho intramolecular Hbond substituents is 2. The minimum absolute atomic E-state index is 0.0305. The Labute approximate surface area is 279 Å². The summed E-state index contributed by atoms with van der Waals surface area (Å²) in [5.74, 6) is -5.36. The molecule has 6 rings (SSSR count). The molecule has 0 radical (unpaired) electrons. The number of rotatable bonds is 6. The molecule has 0 bridgehead atoms. The van der Waals surface area contributed by atoms with Crippen LogP contribution < -0.4 is 10.6 Å². The van der Waals surface area contributed by atoms with Crippen molar-refractivity contribution < 1.29 is 67.0 Å². The predicted molar refractivity (Wildman–Crippen MR) is 162 cm³/mol. The first-order valence-electron chi connectivity index (χ1n) is 14.9. The van der Waals surface area contributed by atoms with Crippen LogP contribution in [-0.4, -0.2) is 86.9 Å². The van der Waals surface area contributed by atoms with E-state index >= 15 is 0 Å². The quantitative estimate of drug-likeness (QED) is 0.161. The monoisotopic (exact) mass is 706 g/mol. The first-order valence-corrected chi connectivity index (χ1v) is 15.9. The topological polar surface area (TPSA) is 201 Å². The lowest BCUT2D eigenvalue weighted by molar-refractivity contribution is -0.252. The molecule has 1 aliphatic heterocycles. The molecule has 6 N–H and O–H groups in total. The van der Waals surface area contributed by atoms with Crippen molar-refractivity contribution in [2.75, 3.05) is 11.9 Å². The third-order valence-corrected chi connectivity index (χ3v) is 9.37. The van der Waals surface area contributed by atoms with E-state index in [0.717, 1.165) is 0 Å². The summed E-state index contributed by atoms with van der Waals surface area (Å²) in [6, 6.07) is 5.87. The van der Waals surface area contributed by atoms with Gasteiger partial charge in [-0.25, -0.2) is 4.79 Å². The average molecular weight is 707 g/mol. The number of benzene rings is 2. The number of aromatic hydroxyl groups is 2. The normalized spacial score (nSPS) is 26.3.